The van der Waals surface area contributed by atoms with Crippen molar-refractivity contribution in [3.05, 3.63) is 66.8 Å². The molecule has 0 aromatic heterocycles. The molecule has 1 aliphatic rings. The average Bonchev–Trinajstić information content (AvgIpc) is 2.95. The predicted octanol–water partition coefficient (Wildman–Crippen LogP) is 4.24. The van der Waals surface area contributed by atoms with Crippen LogP contribution in [0.1, 0.15) is 11.1 Å². The fraction of sp³-hybridized carbons (Fsp3) is 0.150. The van der Waals surface area contributed by atoms with Gasteiger partial charge in [0, 0.05) is 15.6 Å². The first-order valence-corrected chi connectivity index (χ1v) is 10.4. The maximum atomic E-state index is 12.4. The first-order chi connectivity index (χ1) is 14.3. The van der Waals surface area contributed by atoms with Crippen molar-refractivity contribution in [1.29, 1.82) is 0 Å². The van der Waals surface area contributed by atoms with Gasteiger partial charge in [-0.1, -0.05) is 35.3 Å². The van der Waals surface area contributed by atoms with Gasteiger partial charge in [-0.3, -0.25) is 9.59 Å². The van der Waals surface area contributed by atoms with E-state index in [1.807, 2.05) is 0 Å². The number of esters is 1. The number of amides is 3. The molecule has 7 nitrogen and oxygen atoms in total. The number of hydrogen-bond acceptors (Lipinski definition) is 5. The zero-order valence-electron chi connectivity index (χ0n) is 15.6. The smallest absolute Gasteiger partial charge is 0.329 e. The molecular weight excluding hydrogens is 546 g/mol. The summed E-state index contributed by atoms with van der Waals surface area (Å²) in [6.07, 6.45) is 1.53. The minimum Gasteiger partial charge on any atom is -0.488 e. The van der Waals surface area contributed by atoms with Crippen molar-refractivity contribution in [3.8, 4) is 5.75 Å². The van der Waals surface area contributed by atoms with Gasteiger partial charge in [0.05, 0.1) is 10.7 Å². The highest BCUT2D eigenvalue weighted by atomic mass is 127. The molecule has 156 valence electrons. The fourth-order valence-corrected chi connectivity index (χ4v) is 3.75. The second kappa shape index (κ2) is 9.67. The minimum atomic E-state index is -0.684. The summed E-state index contributed by atoms with van der Waals surface area (Å²) >= 11 is 14.2. The zero-order valence-corrected chi connectivity index (χ0v) is 19.2. The molecule has 2 aromatic rings. The maximum absolute atomic E-state index is 12.4. The third kappa shape index (κ3) is 5.24. The molecule has 3 rings (SSSR count). The fourth-order valence-electron chi connectivity index (χ4n) is 2.59. The Hall–Kier alpha value is -2.30. The van der Waals surface area contributed by atoms with Gasteiger partial charge in [0.15, 0.2) is 0 Å². The highest BCUT2D eigenvalue weighted by Gasteiger charge is 2.35. The van der Waals surface area contributed by atoms with E-state index in [0.717, 1.165) is 14.0 Å². The van der Waals surface area contributed by atoms with Gasteiger partial charge in [-0.25, -0.2) is 9.69 Å². The number of benzene rings is 2. The van der Waals surface area contributed by atoms with Gasteiger partial charge >= 0.3 is 12.0 Å². The van der Waals surface area contributed by atoms with Crippen LogP contribution < -0.4 is 10.1 Å². The number of rotatable bonds is 6. The lowest BCUT2D eigenvalue weighted by molar-refractivity contribution is -0.143. The molecular formula is C20H15Cl2IN2O5. The lowest BCUT2D eigenvalue weighted by Crippen LogP contribution is -2.36. The summed E-state index contributed by atoms with van der Waals surface area (Å²) in [5.41, 5.74) is 1.55. The van der Waals surface area contributed by atoms with Crippen molar-refractivity contribution in [3.63, 3.8) is 0 Å². The molecule has 0 bridgehead atoms. The van der Waals surface area contributed by atoms with Crippen LogP contribution in [0.5, 0.6) is 5.75 Å². The summed E-state index contributed by atoms with van der Waals surface area (Å²) < 4.78 is 11.1. The molecule has 0 unspecified atom stereocenters. The molecule has 30 heavy (non-hydrogen) atoms. The average molecular weight is 561 g/mol. The van der Waals surface area contributed by atoms with E-state index < -0.39 is 24.5 Å². The molecule has 0 spiro atoms. The highest BCUT2D eigenvalue weighted by molar-refractivity contribution is 14.1. The largest absolute Gasteiger partial charge is 0.488 e. The summed E-state index contributed by atoms with van der Waals surface area (Å²) in [5, 5.41) is 3.52. The lowest BCUT2D eigenvalue weighted by Gasteiger charge is -2.10. The van der Waals surface area contributed by atoms with Crippen molar-refractivity contribution in [1.82, 2.24) is 10.2 Å². The number of nitrogens with one attached hydrogen (secondary N) is 1. The number of ether oxygens (including phenoxy) is 2. The van der Waals surface area contributed by atoms with Crippen LogP contribution in [0.25, 0.3) is 6.08 Å². The maximum Gasteiger partial charge on any atom is 0.329 e. The van der Waals surface area contributed by atoms with E-state index in [2.05, 4.69) is 32.6 Å². The molecule has 0 atom stereocenters. The number of imide groups is 1. The Kier molecular flexibility index (Phi) is 7.22. The number of hydrogen-bond donors (Lipinski definition) is 1. The van der Waals surface area contributed by atoms with E-state index in [4.69, 9.17) is 27.9 Å². The zero-order chi connectivity index (χ0) is 21.8. The van der Waals surface area contributed by atoms with Crippen LogP contribution in [0.15, 0.2) is 42.1 Å². The number of nitrogens with zero attached hydrogens (tertiary/aromatic N) is 1. The second-order valence-electron chi connectivity index (χ2n) is 6.17. The molecule has 1 fully saturated rings. The normalized spacial score (nSPS) is 14.8. The van der Waals surface area contributed by atoms with Gasteiger partial charge in [-0.2, -0.15) is 0 Å². The standard InChI is InChI=1S/C20H15Cl2IN2O5/c1-29-18(26)9-25-19(27)16(24-20(25)28)7-11-2-5-17(15(23)6-11)30-10-12-3-4-13(21)8-14(12)22/h2-8H,9-10H2,1H3,(H,24,28)/b16-7+. The number of halogens is 3. The summed E-state index contributed by atoms with van der Waals surface area (Å²) in [7, 11) is 1.18. The van der Waals surface area contributed by atoms with Crippen LogP contribution in [-0.2, 0) is 20.9 Å². The Morgan fingerprint density at radius 3 is 2.63 bits per heavy atom. The number of methoxy groups -OCH3 is 1. The van der Waals surface area contributed by atoms with E-state index >= 15 is 0 Å². The van der Waals surface area contributed by atoms with Crippen molar-refractivity contribution in [2.24, 2.45) is 0 Å². The van der Waals surface area contributed by atoms with Crippen LogP contribution in [0.3, 0.4) is 0 Å². The highest BCUT2D eigenvalue weighted by Crippen LogP contribution is 2.27. The third-order valence-electron chi connectivity index (χ3n) is 4.14. The van der Waals surface area contributed by atoms with Crippen molar-refractivity contribution < 1.29 is 23.9 Å². The molecule has 0 aliphatic carbocycles. The van der Waals surface area contributed by atoms with Gasteiger partial charge in [0.1, 0.15) is 24.6 Å². The van der Waals surface area contributed by atoms with Gasteiger partial charge in [-0.15, -0.1) is 0 Å². The van der Waals surface area contributed by atoms with Gasteiger partial charge < -0.3 is 14.8 Å². The van der Waals surface area contributed by atoms with E-state index in [0.29, 0.717) is 21.4 Å². The van der Waals surface area contributed by atoms with Crippen molar-refractivity contribution >= 4 is 69.8 Å². The number of carbonyl (C=O) groups excluding carboxylic acids is 3. The van der Waals surface area contributed by atoms with Crippen LogP contribution in [0.2, 0.25) is 10.0 Å². The molecule has 0 saturated carbocycles. The Morgan fingerprint density at radius 1 is 1.20 bits per heavy atom. The van der Waals surface area contributed by atoms with Crippen LogP contribution in [0, 0.1) is 3.57 Å². The topological polar surface area (TPSA) is 84.9 Å². The predicted molar refractivity (Wildman–Crippen MR) is 120 cm³/mol. The SMILES string of the molecule is COC(=O)CN1C(=O)N/C(=C/c2ccc(OCc3ccc(Cl)cc3Cl)c(I)c2)C1=O. The third-order valence-corrected chi connectivity index (χ3v) is 5.57. The van der Waals surface area contributed by atoms with Crippen molar-refractivity contribution in [2.75, 3.05) is 13.7 Å². The molecule has 1 heterocycles. The van der Waals surface area contributed by atoms with Gasteiger partial charge in [0.2, 0.25) is 0 Å². The molecule has 0 radical (unpaired) electrons. The van der Waals surface area contributed by atoms with E-state index in [-0.39, 0.29) is 12.3 Å². The quantitative estimate of drug-likeness (QED) is 0.247. The van der Waals surface area contributed by atoms with Crippen molar-refractivity contribution in [2.45, 2.75) is 6.61 Å². The molecule has 1 N–H and O–H groups in total. The van der Waals surface area contributed by atoms with Crippen LogP contribution in [0.4, 0.5) is 4.79 Å². The summed E-state index contributed by atoms with van der Waals surface area (Å²) in [4.78, 5) is 36.4. The molecule has 3 amide bonds. The van der Waals surface area contributed by atoms with Gasteiger partial charge in [-0.05, 0) is 58.5 Å². The second-order valence-corrected chi connectivity index (χ2v) is 8.18. The number of carbonyl (C=O) groups is 3. The Labute approximate surface area is 196 Å². The van der Waals surface area contributed by atoms with Crippen LogP contribution >= 0.6 is 45.8 Å². The van der Waals surface area contributed by atoms with Crippen LogP contribution in [-0.4, -0.2) is 36.5 Å². The van der Waals surface area contributed by atoms with E-state index in [1.165, 1.54) is 13.2 Å². The van der Waals surface area contributed by atoms with E-state index in [1.54, 1.807) is 36.4 Å². The Balaban J connectivity index is 1.71. The molecule has 1 saturated heterocycles. The Morgan fingerprint density at radius 2 is 1.97 bits per heavy atom. The summed E-state index contributed by atoms with van der Waals surface area (Å²) in [5.74, 6) is -0.646. The first kappa shape index (κ1) is 22.4. The molecule has 1 aliphatic heterocycles. The minimum absolute atomic E-state index is 0.0707. The summed E-state index contributed by atoms with van der Waals surface area (Å²) in [6.45, 7) is -0.181. The number of urea groups is 1. The van der Waals surface area contributed by atoms with Gasteiger partial charge in [0.25, 0.3) is 5.91 Å². The Bertz CT molecular complexity index is 1060. The molecule has 10 heteroatoms. The summed E-state index contributed by atoms with van der Waals surface area (Å²) in [6, 6.07) is 9.81. The lowest BCUT2D eigenvalue weighted by atomic mass is 10.2. The first-order valence-electron chi connectivity index (χ1n) is 8.56. The van der Waals surface area contributed by atoms with E-state index in [9.17, 15) is 14.4 Å². The monoisotopic (exact) mass is 560 g/mol. The molecule has 2 aromatic carbocycles.